The standard InChI is InChI=1S/C24H27N5O/c1-2-25-24(28-17-19-13-14-26-22-7-4-3-6-21(19)22)27-16-18-9-11-20(12-10-18)29-15-5-8-23(29)30/h3-4,6-7,9-14H,2,5,8,15-17H2,1H3,(H2,25,27,28). The van der Waals surface area contributed by atoms with E-state index in [0.29, 0.717) is 19.5 Å². The fourth-order valence-corrected chi connectivity index (χ4v) is 3.70. The summed E-state index contributed by atoms with van der Waals surface area (Å²) in [6.07, 6.45) is 3.43. The summed E-state index contributed by atoms with van der Waals surface area (Å²) in [5.41, 5.74) is 4.26. The third-order valence-electron chi connectivity index (χ3n) is 5.27. The number of aromatic nitrogens is 1. The van der Waals surface area contributed by atoms with Crippen LogP contribution in [0.15, 0.2) is 65.8 Å². The Bertz CT molecular complexity index is 1040. The maximum Gasteiger partial charge on any atom is 0.227 e. The van der Waals surface area contributed by atoms with E-state index in [1.54, 1.807) is 0 Å². The minimum Gasteiger partial charge on any atom is -0.357 e. The van der Waals surface area contributed by atoms with Gasteiger partial charge in [-0.2, -0.15) is 0 Å². The number of hydrogen-bond donors (Lipinski definition) is 2. The van der Waals surface area contributed by atoms with Crippen molar-refractivity contribution < 1.29 is 4.79 Å². The number of rotatable bonds is 6. The number of nitrogens with zero attached hydrogens (tertiary/aromatic N) is 3. The lowest BCUT2D eigenvalue weighted by atomic mass is 10.1. The first-order valence-corrected chi connectivity index (χ1v) is 10.5. The molecule has 1 saturated heterocycles. The van der Waals surface area contributed by atoms with Gasteiger partial charge in [-0.1, -0.05) is 30.3 Å². The van der Waals surface area contributed by atoms with E-state index in [1.165, 1.54) is 5.56 Å². The van der Waals surface area contributed by atoms with E-state index in [-0.39, 0.29) is 5.91 Å². The summed E-state index contributed by atoms with van der Waals surface area (Å²) < 4.78 is 0. The highest BCUT2D eigenvalue weighted by Crippen LogP contribution is 2.21. The lowest BCUT2D eigenvalue weighted by Crippen LogP contribution is -2.36. The number of carbonyl (C=O) groups is 1. The summed E-state index contributed by atoms with van der Waals surface area (Å²) in [7, 11) is 0. The Morgan fingerprint density at radius 1 is 1.10 bits per heavy atom. The Morgan fingerprint density at radius 3 is 2.70 bits per heavy atom. The monoisotopic (exact) mass is 401 g/mol. The van der Waals surface area contributed by atoms with Crippen LogP contribution in [-0.4, -0.2) is 29.9 Å². The third-order valence-corrected chi connectivity index (χ3v) is 5.27. The van der Waals surface area contributed by atoms with Crippen LogP contribution in [0.5, 0.6) is 0 Å². The largest absolute Gasteiger partial charge is 0.357 e. The number of nitrogens with one attached hydrogen (secondary N) is 2. The molecule has 0 aliphatic carbocycles. The van der Waals surface area contributed by atoms with Gasteiger partial charge in [0.05, 0.1) is 12.1 Å². The van der Waals surface area contributed by atoms with Gasteiger partial charge < -0.3 is 15.5 Å². The highest BCUT2D eigenvalue weighted by atomic mass is 16.2. The molecule has 2 heterocycles. The minimum atomic E-state index is 0.211. The fourth-order valence-electron chi connectivity index (χ4n) is 3.70. The van der Waals surface area contributed by atoms with Crippen molar-refractivity contribution in [1.82, 2.24) is 15.6 Å². The van der Waals surface area contributed by atoms with Gasteiger partial charge in [0, 0.05) is 43.3 Å². The molecule has 1 aliphatic rings. The summed E-state index contributed by atoms with van der Waals surface area (Å²) in [5, 5.41) is 7.87. The van der Waals surface area contributed by atoms with Crippen molar-refractivity contribution in [1.29, 1.82) is 0 Å². The lowest BCUT2D eigenvalue weighted by molar-refractivity contribution is -0.117. The molecule has 4 rings (SSSR count). The van der Waals surface area contributed by atoms with Crippen molar-refractivity contribution in [3.63, 3.8) is 0 Å². The van der Waals surface area contributed by atoms with Crippen molar-refractivity contribution in [2.45, 2.75) is 32.9 Å². The van der Waals surface area contributed by atoms with E-state index in [9.17, 15) is 4.79 Å². The van der Waals surface area contributed by atoms with Gasteiger partial charge in [0.25, 0.3) is 0 Å². The summed E-state index contributed by atoms with van der Waals surface area (Å²) in [5.74, 6) is 0.986. The van der Waals surface area contributed by atoms with Crippen molar-refractivity contribution in [2.75, 3.05) is 18.0 Å². The summed E-state index contributed by atoms with van der Waals surface area (Å²) >= 11 is 0. The van der Waals surface area contributed by atoms with Crippen LogP contribution in [0.3, 0.4) is 0 Å². The molecule has 2 N–H and O–H groups in total. The molecule has 154 valence electrons. The zero-order valence-corrected chi connectivity index (χ0v) is 17.3. The number of carbonyl (C=O) groups excluding carboxylic acids is 1. The molecule has 1 fully saturated rings. The molecule has 2 aromatic carbocycles. The molecule has 0 atom stereocenters. The van der Waals surface area contributed by atoms with Gasteiger partial charge in [0.2, 0.25) is 5.91 Å². The van der Waals surface area contributed by atoms with E-state index in [0.717, 1.165) is 47.6 Å². The van der Waals surface area contributed by atoms with Gasteiger partial charge in [-0.15, -0.1) is 0 Å². The van der Waals surface area contributed by atoms with Crippen LogP contribution < -0.4 is 15.5 Å². The lowest BCUT2D eigenvalue weighted by Gasteiger charge is -2.16. The number of amides is 1. The molecule has 1 amide bonds. The van der Waals surface area contributed by atoms with Gasteiger partial charge >= 0.3 is 0 Å². The second-order valence-corrected chi connectivity index (χ2v) is 7.35. The number of hydrogen-bond acceptors (Lipinski definition) is 3. The fraction of sp³-hybridized carbons (Fsp3) is 0.292. The highest BCUT2D eigenvalue weighted by Gasteiger charge is 2.21. The zero-order chi connectivity index (χ0) is 20.8. The van der Waals surface area contributed by atoms with Gasteiger partial charge in [0.1, 0.15) is 0 Å². The van der Waals surface area contributed by atoms with Gasteiger partial charge in [-0.25, -0.2) is 4.99 Å². The van der Waals surface area contributed by atoms with Crippen molar-refractivity contribution >= 4 is 28.5 Å². The number of guanidine groups is 1. The first-order chi connectivity index (χ1) is 14.7. The molecule has 30 heavy (non-hydrogen) atoms. The maximum atomic E-state index is 11.9. The van der Waals surface area contributed by atoms with Crippen LogP contribution in [0.1, 0.15) is 30.9 Å². The quantitative estimate of drug-likeness (QED) is 0.489. The summed E-state index contributed by atoms with van der Waals surface area (Å²) in [4.78, 5) is 22.9. The Balaban J connectivity index is 1.41. The van der Waals surface area contributed by atoms with Gasteiger partial charge in [-0.05, 0) is 48.7 Å². The molecular weight excluding hydrogens is 374 g/mol. The second-order valence-electron chi connectivity index (χ2n) is 7.35. The molecule has 1 aliphatic heterocycles. The van der Waals surface area contributed by atoms with Crippen LogP contribution in [0.4, 0.5) is 5.69 Å². The molecule has 6 heteroatoms. The first kappa shape index (κ1) is 19.9. The van der Waals surface area contributed by atoms with E-state index in [1.807, 2.05) is 59.6 Å². The Hall–Kier alpha value is -3.41. The normalized spacial score (nSPS) is 14.4. The van der Waals surface area contributed by atoms with Gasteiger partial charge in [0.15, 0.2) is 5.96 Å². The van der Waals surface area contributed by atoms with Crippen LogP contribution >= 0.6 is 0 Å². The van der Waals surface area contributed by atoms with Crippen LogP contribution in [0.25, 0.3) is 10.9 Å². The Labute approximate surface area is 177 Å². The average Bonchev–Trinajstić information content (AvgIpc) is 3.22. The van der Waals surface area contributed by atoms with Crippen molar-refractivity contribution in [3.05, 3.63) is 71.9 Å². The number of pyridine rings is 1. The number of fused-ring (bicyclic) bond motifs is 1. The van der Waals surface area contributed by atoms with Gasteiger partial charge in [-0.3, -0.25) is 9.78 Å². The maximum absolute atomic E-state index is 11.9. The minimum absolute atomic E-state index is 0.211. The Kier molecular flexibility index (Phi) is 6.23. The predicted octanol–water partition coefficient (Wildman–Crippen LogP) is 3.62. The number of para-hydroxylation sites is 1. The molecule has 1 aromatic heterocycles. The van der Waals surface area contributed by atoms with Crippen LogP contribution in [0, 0.1) is 0 Å². The van der Waals surface area contributed by atoms with E-state index in [4.69, 9.17) is 4.99 Å². The van der Waals surface area contributed by atoms with E-state index in [2.05, 4.69) is 28.6 Å². The SMILES string of the molecule is CCNC(=NCc1ccc(N2CCCC2=O)cc1)NCc1ccnc2ccccc12. The van der Waals surface area contributed by atoms with Crippen molar-refractivity contribution in [3.8, 4) is 0 Å². The predicted molar refractivity (Wildman–Crippen MR) is 121 cm³/mol. The smallest absolute Gasteiger partial charge is 0.227 e. The molecule has 0 unspecified atom stereocenters. The second kappa shape index (κ2) is 9.39. The van der Waals surface area contributed by atoms with Crippen LogP contribution in [-0.2, 0) is 17.9 Å². The van der Waals surface area contributed by atoms with Crippen molar-refractivity contribution in [2.24, 2.45) is 4.99 Å². The zero-order valence-electron chi connectivity index (χ0n) is 17.3. The number of aliphatic imine (C=N–C) groups is 1. The average molecular weight is 402 g/mol. The van der Waals surface area contributed by atoms with Crippen LogP contribution in [0.2, 0.25) is 0 Å². The van der Waals surface area contributed by atoms with E-state index >= 15 is 0 Å². The third kappa shape index (κ3) is 4.59. The Morgan fingerprint density at radius 2 is 1.93 bits per heavy atom. The molecule has 0 bridgehead atoms. The highest BCUT2D eigenvalue weighted by molar-refractivity contribution is 5.95. The molecule has 0 spiro atoms. The molecule has 0 saturated carbocycles. The van der Waals surface area contributed by atoms with E-state index < -0.39 is 0 Å². The summed E-state index contributed by atoms with van der Waals surface area (Å²) in [6.45, 7) is 4.90. The number of benzene rings is 2. The number of anilines is 1. The molecule has 0 radical (unpaired) electrons. The molecule has 3 aromatic rings. The topological polar surface area (TPSA) is 69.6 Å². The first-order valence-electron chi connectivity index (χ1n) is 10.5. The molecular formula is C24H27N5O. The summed E-state index contributed by atoms with van der Waals surface area (Å²) in [6, 6.07) is 18.3. The molecule has 6 nitrogen and oxygen atoms in total.